The van der Waals surface area contributed by atoms with E-state index < -0.39 is 97.5 Å². The molecule has 0 aromatic carbocycles. The molecule has 3 N–H and O–H groups in total. The highest BCUT2D eigenvalue weighted by atomic mass is 31.2. The molecule has 17 nitrogen and oxygen atoms in total. The molecular weight excluding hydrogens is 1280 g/mol. The molecule has 0 aromatic heterocycles. The Kier molecular flexibility index (Phi) is 69.3. The minimum Gasteiger partial charge on any atom is -0.462 e. The van der Waals surface area contributed by atoms with Crippen molar-refractivity contribution < 1.29 is 80.2 Å². The molecule has 0 bridgehead atoms. The Morgan fingerprint density at radius 1 is 0.296 bits per heavy atom. The van der Waals surface area contributed by atoms with Gasteiger partial charge in [0.15, 0.2) is 12.2 Å². The van der Waals surface area contributed by atoms with Gasteiger partial charge in [0.2, 0.25) is 0 Å². The van der Waals surface area contributed by atoms with Gasteiger partial charge in [-0.3, -0.25) is 37.3 Å². The van der Waals surface area contributed by atoms with Gasteiger partial charge in [-0.15, -0.1) is 0 Å². The Morgan fingerprint density at radius 3 is 0.776 bits per heavy atom. The third-order valence-electron chi connectivity index (χ3n) is 18.8. The number of ether oxygens (including phenoxy) is 4. The largest absolute Gasteiger partial charge is 0.472 e. The first-order valence-electron chi connectivity index (χ1n) is 41.0. The van der Waals surface area contributed by atoms with Gasteiger partial charge >= 0.3 is 39.5 Å². The lowest BCUT2D eigenvalue weighted by Gasteiger charge is -2.21. The molecule has 3 unspecified atom stereocenters. The molecule has 0 rings (SSSR count). The van der Waals surface area contributed by atoms with Crippen molar-refractivity contribution in [2.75, 3.05) is 39.6 Å². The van der Waals surface area contributed by atoms with Crippen molar-refractivity contribution in [3.63, 3.8) is 0 Å². The van der Waals surface area contributed by atoms with Crippen molar-refractivity contribution in [2.45, 2.75) is 432 Å². The zero-order valence-corrected chi connectivity index (χ0v) is 65.9. The molecule has 0 heterocycles. The molecule has 0 fully saturated rings. The van der Waals surface area contributed by atoms with Gasteiger partial charge in [-0.1, -0.05) is 363 Å². The lowest BCUT2D eigenvalue weighted by molar-refractivity contribution is -0.161. The summed E-state index contributed by atoms with van der Waals surface area (Å²) in [6, 6.07) is 0. The summed E-state index contributed by atoms with van der Waals surface area (Å²) in [4.78, 5) is 72.9. The number of phosphoric ester groups is 2. The minimum absolute atomic E-state index is 0.105. The van der Waals surface area contributed by atoms with Crippen molar-refractivity contribution in [1.82, 2.24) is 0 Å². The molecule has 19 heteroatoms. The van der Waals surface area contributed by atoms with Gasteiger partial charge < -0.3 is 33.8 Å². The van der Waals surface area contributed by atoms with E-state index in [4.69, 9.17) is 37.0 Å². The predicted molar refractivity (Wildman–Crippen MR) is 400 cm³/mol. The Balaban J connectivity index is 5.22. The maximum atomic E-state index is 13.1. The normalized spacial score (nSPS) is 14.2. The fraction of sp³-hybridized carbons (Fsp3) is 0.949. The van der Waals surface area contributed by atoms with E-state index in [0.29, 0.717) is 25.7 Å². The standard InChI is InChI=1S/C79H154O17P2/c1-7-10-12-14-16-18-20-21-29-33-37-44-50-56-62-77(82)90-67-74(95-78(83)63-57-51-45-38-34-30-27-25-23-22-24-26-28-32-35-41-47-53-59-71(4)5)69-93-97(85,86)91-65-73(80)66-92-98(87,88)94-70-75(68-89-76(81)61-55-49-43-36-31-19-17-15-13-11-8-2)96-79(84)64-58-52-46-40-39-42-48-54-60-72(6)9-3/h71-75,80H,7-70H2,1-6H3,(H,85,86)(H,87,88)/t72?,73-,74-,75-/m1/s1. The summed E-state index contributed by atoms with van der Waals surface area (Å²) in [5.74, 6) is -0.521. The summed E-state index contributed by atoms with van der Waals surface area (Å²) in [5, 5.41) is 10.6. The van der Waals surface area contributed by atoms with Crippen molar-refractivity contribution in [3.8, 4) is 0 Å². The molecule has 0 radical (unpaired) electrons. The van der Waals surface area contributed by atoms with E-state index in [2.05, 4.69) is 41.5 Å². The summed E-state index contributed by atoms with van der Waals surface area (Å²) in [6.07, 6.45) is 59.6. The van der Waals surface area contributed by atoms with Gasteiger partial charge in [-0.05, 0) is 37.5 Å². The van der Waals surface area contributed by atoms with Crippen LogP contribution in [-0.4, -0.2) is 96.7 Å². The lowest BCUT2D eigenvalue weighted by Crippen LogP contribution is -2.30. The highest BCUT2D eigenvalue weighted by molar-refractivity contribution is 7.47. The second-order valence-corrected chi connectivity index (χ2v) is 32.1. The first-order valence-corrected chi connectivity index (χ1v) is 44.0. The first-order chi connectivity index (χ1) is 47.4. The van der Waals surface area contributed by atoms with Gasteiger partial charge in [-0.2, -0.15) is 0 Å². The zero-order valence-electron chi connectivity index (χ0n) is 64.1. The number of hydrogen-bond acceptors (Lipinski definition) is 15. The average molecular weight is 1440 g/mol. The van der Waals surface area contributed by atoms with Crippen molar-refractivity contribution in [1.29, 1.82) is 0 Å². The van der Waals surface area contributed by atoms with Crippen LogP contribution in [0.4, 0.5) is 0 Å². The molecule has 0 saturated carbocycles. The van der Waals surface area contributed by atoms with Crippen LogP contribution in [0.2, 0.25) is 0 Å². The number of carbonyl (C=O) groups excluding carboxylic acids is 4. The lowest BCUT2D eigenvalue weighted by atomic mass is 9.99. The molecule has 98 heavy (non-hydrogen) atoms. The van der Waals surface area contributed by atoms with Crippen LogP contribution in [0.25, 0.3) is 0 Å². The third kappa shape index (κ3) is 71.1. The minimum atomic E-state index is -4.96. The predicted octanol–water partition coefficient (Wildman–Crippen LogP) is 23.5. The van der Waals surface area contributed by atoms with Crippen LogP contribution in [0.5, 0.6) is 0 Å². The third-order valence-corrected chi connectivity index (χ3v) is 20.7. The van der Waals surface area contributed by atoms with Crippen LogP contribution in [0.3, 0.4) is 0 Å². The zero-order chi connectivity index (χ0) is 72.1. The summed E-state index contributed by atoms with van der Waals surface area (Å²) in [5.41, 5.74) is 0. The first kappa shape index (κ1) is 96.1. The van der Waals surface area contributed by atoms with E-state index >= 15 is 0 Å². The summed E-state index contributed by atoms with van der Waals surface area (Å²) >= 11 is 0. The van der Waals surface area contributed by atoms with Crippen LogP contribution in [0, 0.1) is 11.8 Å². The highest BCUT2D eigenvalue weighted by Crippen LogP contribution is 2.45. The Morgan fingerprint density at radius 2 is 0.520 bits per heavy atom. The molecule has 0 spiro atoms. The van der Waals surface area contributed by atoms with E-state index in [1.165, 1.54) is 231 Å². The number of rotatable bonds is 78. The molecule has 0 aliphatic heterocycles. The van der Waals surface area contributed by atoms with Gasteiger partial charge in [0.25, 0.3) is 0 Å². The molecule has 0 saturated heterocycles. The van der Waals surface area contributed by atoms with Gasteiger partial charge in [0.05, 0.1) is 26.4 Å². The van der Waals surface area contributed by atoms with Crippen LogP contribution in [0.1, 0.15) is 414 Å². The summed E-state index contributed by atoms with van der Waals surface area (Å²) in [6.45, 7) is 9.65. The Bertz CT molecular complexity index is 1890. The molecule has 0 amide bonds. The summed E-state index contributed by atoms with van der Waals surface area (Å²) < 4.78 is 68.6. The number of carbonyl (C=O) groups is 4. The van der Waals surface area contributed by atoms with Crippen molar-refractivity contribution >= 4 is 39.5 Å². The second-order valence-electron chi connectivity index (χ2n) is 29.2. The number of esters is 4. The SMILES string of the molecule is CCCCCCCCCCCCCCCCC(=O)OC[C@H](COP(=O)(O)OC[C@@H](O)COP(=O)(O)OC[C@@H](COC(=O)CCCCCCCCCCCCC)OC(=O)CCCCCCCCCCC(C)CC)OC(=O)CCCCCCCCCCCCCCCCCCCCC(C)C. The van der Waals surface area contributed by atoms with Crippen LogP contribution in [-0.2, 0) is 65.4 Å². The fourth-order valence-electron chi connectivity index (χ4n) is 12.2. The highest BCUT2D eigenvalue weighted by Gasteiger charge is 2.30. The number of phosphoric acid groups is 2. The van der Waals surface area contributed by atoms with Gasteiger partial charge in [0.1, 0.15) is 19.3 Å². The molecule has 0 aliphatic rings. The molecule has 582 valence electrons. The topological polar surface area (TPSA) is 237 Å². The second kappa shape index (κ2) is 70.7. The number of aliphatic hydroxyl groups excluding tert-OH is 1. The maximum Gasteiger partial charge on any atom is 0.472 e. The number of hydrogen-bond donors (Lipinski definition) is 3. The van der Waals surface area contributed by atoms with E-state index in [1.807, 2.05) is 0 Å². The van der Waals surface area contributed by atoms with Crippen LogP contribution in [0.15, 0.2) is 0 Å². The van der Waals surface area contributed by atoms with Crippen LogP contribution < -0.4 is 0 Å². The Labute approximate surface area is 600 Å². The molecular formula is C79H154O17P2. The Hall–Kier alpha value is -1.94. The summed E-state index contributed by atoms with van der Waals surface area (Å²) in [7, 11) is -9.91. The van der Waals surface area contributed by atoms with E-state index in [-0.39, 0.29) is 25.7 Å². The van der Waals surface area contributed by atoms with E-state index in [0.717, 1.165) is 102 Å². The molecule has 0 aromatic rings. The van der Waals surface area contributed by atoms with Gasteiger partial charge in [-0.25, -0.2) is 9.13 Å². The van der Waals surface area contributed by atoms with E-state index in [9.17, 15) is 43.2 Å². The number of aliphatic hydroxyl groups is 1. The van der Waals surface area contributed by atoms with Gasteiger partial charge in [0, 0.05) is 25.7 Å². The monoisotopic (exact) mass is 1440 g/mol. The van der Waals surface area contributed by atoms with Crippen molar-refractivity contribution in [3.05, 3.63) is 0 Å². The smallest absolute Gasteiger partial charge is 0.462 e. The number of unbranched alkanes of at least 4 members (excludes halogenated alkanes) is 47. The van der Waals surface area contributed by atoms with E-state index in [1.54, 1.807) is 0 Å². The van der Waals surface area contributed by atoms with Crippen molar-refractivity contribution in [2.24, 2.45) is 11.8 Å². The molecule has 6 atom stereocenters. The quantitative estimate of drug-likeness (QED) is 0.0222. The fourth-order valence-corrected chi connectivity index (χ4v) is 13.7. The average Bonchev–Trinajstić information content (AvgIpc) is 0.980. The maximum absolute atomic E-state index is 13.1. The molecule has 0 aliphatic carbocycles. The van der Waals surface area contributed by atoms with Crippen LogP contribution >= 0.6 is 15.6 Å².